The molecule has 1 unspecified atom stereocenters. The number of benzene rings is 4. The van der Waals surface area contributed by atoms with Gasteiger partial charge in [-0.15, -0.1) is 0 Å². The molecule has 0 fully saturated rings. The molecule has 0 bridgehead atoms. The van der Waals surface area contributed by atoms with Crippen LogP contribution in [0.3, 0.4) is 0 Å². The third-order valence-corrected chi connectivity index (χ3v) is 15.4. The number of para-hydroxylation sites is 1. The lowest BCUT2D eigenvalue weighted by Gasteiger charge is -2.33. The summed E-state index contributed by atoms with van der Waals surface area (Å²) in [5.41, 5.74) is 23.2. The zero-order valence-electron chi connectivity index (χ0n) is 39.5. The maximum absolute atomic E-state index is 2.56. The third kappa shape index (κ3) is 7.83. The molecule has 7 aliphatic rings. The Morgan fingerprint density at radius 3 is 2.02 bits per heavy atom. The molecule has 0 heterocycles. The predicted molar refractivity (Wildman–Crippen MR) is 282 cm³/mol. The van der Waals surface area contributed by atoms with Gasteiger partial charge in [0.15, 0.2) is 0 Å². The molecule has 2 heteroatoms. The van der Waals surface area contributed by atoms with Crippen molar-refractivity contribution in [2.24, 2.45) is 5.92 Å². The van der Waals surface area contributed by atoms with E-state index in [0.29, 0.717) is 5.92 Å². The van der Waals surface area contributed by atoms with Gasteiger partial charge in [0.05, 0.1) is 0 Å². The lowest BCUT2D eigenvalue weighted by molar-refractivity contribution is 0.644. The number of hydrogen-bond acceptors (Lipinski definition) is 2. The van der Waals surface area contributed by atoms with Crippen LogP contribution in [0.15, 0.2) is 204 Å². The van der Waals surface area contributed by atoms with Crippen LogP contribution in [-0.2, 0) is 10.8 Å². The maximum atomic E-state index is 2.56. The largest absolute Gasteiger partial charge is 0.315 e. The number of rotatable bonds is 10. The normalized spacial score (nSPS) is 21.2. The fraction of sp³-hybridized carbons (Fsp3) is 0.281. The van der Waals surface area contributed by atoms with Crippen LogP contribution >= 0.6 is 0 Å². The second-order valence-electron chi connectivity index (χ2n) is 20.5. The van der Waals surface area contributed by atoms with E-state index >= 15 is 0 Å². The molecule has 0 saturated heterocycles. The minimum Gasteiger partial charge on any atom is -0.315 e. The summed E-state index contributed by atoms with van der Waals surface area (Å²) < 4.78 is 0. The van der Waals surface area contributed by atoms with Gasteiger partial charge in [0.2, 0.25) is 0 Å². The molecule has 0 aliphatic heterocycles. The minimum atomic E-state index is -0.0797. The van der Waals surface area contributed by atoms with Crippen molar-refractivity contribution in [3.8, 4) is 11.1 Å². The number of allylic oxidation sites excluding steroid dienone is 20. The van der Waals surface area contributed by atoms with Crippen LogP contribution in [-0.4, -0.2) is 0 Å². The first-order valence-corrected chi connectivity index (χ1v) is 24.9. The number of hydrogen-bond donors (Lipinski definition) is 0. The van der Waals surface area contributed by atoms with E-state index < -0.39 is 0 Å². The van der Waals surface area contributed by atoms with Gasteiger partial charge in [-0.25, -0.2) is 0 Å². The van der Waals surface area contributed by atoms with E-state index in [-0.39, 0.29) is 10.8 Å². The fourth-order valence-electron chi connectivity index (χ4n) is 11.7. The van der Waals surface area contributed by atoms with E-state index in [9.17, 15) is 0 Å². The molecule has 0 saturated carbocycles. The van der Waals surface area contributed by atoms with Crippen LogP contribution < -0.4 is 9.80 Å². The van der Waals surface area contributed by atoms with Crippen LogP contribution in [0.4, 0.5) is 17.1 Å². The molecule has 0 aromatic heterocycles. The van der Waals surface area contributed by atoms with Crippen molar-refractivity contribution in [2.45, 2.75) is 109 Å². The van der Waals surface area contributed by atoms with Crippen LogP contribution in [0.25, 0.3) is 22.8 Å². The highest BCUT2D eigenvalue weighted by atomic mass is 15.2. The molecule has 0 radical (unpaired) electrons. The van der Waals surface area contributed by atoms with Crippen molar-refractivity contribution < 1.29 is 0 Å². The Labute approximate surface area is 394 Å². The van der Waals surface area contributed by atoms with E-state index in [1.165, 1.54) is 115 Å². The first kappa shape index (κ1) is 42.3. The quantitative estimate of drug-likeness (QED) is 0.157. The highest BCUT2D eigenvalue weighted by Crippen LogP contribution is 2.54. The fourth-order valence-corrected chi connectivity index (χ4v) is 11.7. The zero-order valence-corrected chi connectivity index (χ0v) is 39.5. The first-order valence-electron chi connectivity index (χ1n) is 24.9. The number of fused-ring (bicyclic) bond motifs is 6. The third-order valence-electron chi connectivity index (χ3n) is 15.4. The number of nitrogens with zero attached hydrogens (tertiary/aromatic N) is 2. The van der Waals surface area contributed by atoms with Crippen molar-refractivity contribution in [1.82, 2.24) is 0 Å². The Kier molecular flexibility index (Phi) is 11.2. The smallest absolute Gasteiger partial charge is 0.0461 e. The molecule has 4 aromatic rings. The van der Waals surface area contributed by atoms with Crippen molar-refractivity contribution >= 4 is 28.7 Å². The zero-order chi connectivity index (χ0) is 44.8. The SMILES string of the molecule is CC1(C)C2=CC(/C=C/C3=CC=C(/C=C/c4ccc5c(c4)C(C)(C)c4cc(N(C6=CCCC=C6)C6=CCCCC6)ccc4-5)CC3)CC=C2c2ccc(N(C3=CC=CCC3)c3ccccc3)cc21. The van der Waals surface area contributed by atoms with Crippen molar-refractivity contribution in [2.75, 3.05) is 9.80 Å². The molecule has 1 atom stereocenters. The highest BCUT2D eigenvalue weighted by molar-refractivity contribution is 5.92. The average molecular weight is 861 g/mol. The van der Waals surface area contributed by atoms with Gasteiger partial charge in [0, 0.05) is 45.0 Å². The summed E-state index contributed by atoms with van der Waals surface area (Å²) in [4.78, 5) is 5.01. The average Bonchev–Trinajstić information content (AvgIpc) is 3.72. The van der Waals surface area contributed by atoms with Crippen LogP contribution in [0.2, 0.25) is 0 Å². The van der Waals surface area contributed by atoms with E-state index in [4.69, 9.17) is 0 Å². The van der Waals surface area contributed by atoms with Crippen LogP contribution in [0, 0.1) is 5.92 Å². The Morgan fingerprint density at radius 1 is 0.545 bits per heavy atom. The van der Waals surface area contributed by atoms with Gasteiger partial charge in [0.1, 0.15) is 0 Å². The van der Waals surface area contributed by atoms with Gasteiger partial charge < -0.3 is 9.80 Å². The summed E-state index contributed by atoms with van der Waals surface area (Å²) in [5.74, 6) is 0.393. The molecule has 2 nitrogen and oxygen atoms in total. The summed E-state index contributed by atoms with van der Waals surface area (Å²) in [6, 6.07) is 32.4. The topological polar surface area (TPSA) is 6.48 Å². The summed E-state index contributed by atoms with van der Waals surface area (Å²) in [5, 5.41) is 0. The molecule has 330 valence electrons. The molecular weight excluding hydrogens is 797 g/mol. The van der Waals surface area contributed by atoms with Gasteiger partial charge in [-0.1, -0.05) is 155 Å². The van der Waals surface area contributed by atoms with Crippen molar-refractivity contribution in [1.29, 1.82) is 0 Å². The van der Waals surface area contributed by atoms with Crippen LogP contribution in [0.1, 0.15) is 126 Å². The van der Waals surface area contributed by atoms with Gasteiger partial charge in [-0.05, 0) is 186 Å². The Hall–Kier alpha value is -6.38. The summed E-state index contributed by atoms with van der Waals surface area (Å²) in [6.07, 6.45) is 48.0. The van der Waals surface area contributed by atoms with Gasteiger partial charge in [-0.3, -0.25) is 0 Å². The molecule has 7 aliphatic carbocycles. The first-order chi connectivity index (χ1) is 32.2. The predicted octanol–water partition coefficient (Wildman–Crippen LogP) is 17.4. The monoisotopic (exact) mass is 861 g/mol. The van der Waals surface area contributed by atoms with Gasteiger partial charge in [0.25, 0.3) is 0 Å². The summed E-state index contributed by atoms with van der Waals surface area (Å²) in [7, 11) is 0. The Bertz CT molecular complexity index is 2940. The molecule has 0 N–H and O–H groups in total. The van der Waals surface area contributed by atoms with E-state index in [1.54, 1.807) is 0 Å². The van der Waals surface area contributed by atoms with Gasteiger partial charge >= 0.3 is 0 Å². The second-order valence-corrected chi connectivity index (χ2v) is 20.5. The Balaban J connectivity index is 0.776. The molecule has 4 aromatic carbocycles. The molecule has 11 rings (SSSR count). The Morgan fingerprint density at radius 2 is 1.29 bits per heavy atom. The van der Waals surface area contributed by atoms with E-state index in [2.05, 4.69) is 214 Å². The van der Waals surface area contributed by atoms with Crippen molar-refractivity contribution in [3.63, 3.8) is 0 Å². The standard InChI is InChI=1S/C64H64N2/c1-63(2)59-41-47(33-37-55(59)57-39-35-53(43-61(57)63)65(49-17-9-5-10-18-49)50-19-11-6-12-20-50)31-29-45-25-27-46(28-26-45)30-32-48-34-38-56-58-40-36-54(44-62(58)64(3,4)60(56)42-48)66(51-21-13-7-14-22-51)52-23-15-8-16-24-52/h5-6,9-11,13,17-19,21-23,25,27,29-32,34-44,47H,7-8,12,14-16,20,24,26,28,33H2,1-4H3/b31-29+,32-30+. The lowest BCUT2D eigenvalue weighted by atomic mass is 9.78. The van der Waals surface area contributed by atoms with Crippen molar-refractivity contribution in [3.05, 3.63) is 232 Å². The van der Waals surface area contributed by atoms with E-state index in [1.807, 2.05) is 0 Å². The summed E-state index contributed by atoms with van der Waals surface area (Å²) in [6.45, 7) is 9.67. The second kappa shape index (κ2) is 17.4. The molecule has 0 spiro atoms. The van der Waals surface area contributed by atoms with E-state index in [0.717, 1.165) is 51.4 Å². The van der Waals surface area contributed by atoms with Crippen LogP contribution in [0.5, 0.6) is 0 Å². The molecule has 0 amide bonds. The molecule has 66 heavy (non-hydrogen) atoms. The molecular formula is C64H64N2. The lowest BCUT2D eigenvalue weighted by Crippen LogP contribution is -2.24. The highest BCUT2D eigenvalue weighted by Gasteiger charge is 2.40. The maximum Gasteiger partial charge on any atom is 0.0461 e. The minimum absolute atomic E-state index is 0.0677. The summed E-state index contributed by atoms with van der Waals surface area (Å²) >= 11 is 0. The van der Waals surface area contributed by atoms with Gasteiger partial charge in [-0.2, -0.15) is 0 Å². The number of anilines is 3.